The third-order valence-corrected chi connectivity index (χ3v) is 5.82. The minimum atomic E-state index is -3.83. The lowest BCUT2D eigenvalue weighted by Crippen LogP contribution is -2.26. The molecular formula is C22H24N4O5S. The van der Waals surface area contributed by atoms with Gasteiger partial charge in [-0.3, -0.25) is 4.79 Å². The molecule has 10 heteroatoms. The summed E-state index contributed by atoms with van der Waals surface area (Å²) in [5, 5.41) is 12.2. The maximum atomic E-state index is 12.7. The fourth-order valence-corrected chi connectivity index (χ4v) is 3.73. The number of hydrogen-bond donors (Lipinski definition) is 2. The van der Waals surface area contributed by atoms with Crippen molar-refractivity contribution in [2.24, 2.45) is 5.14 Å². The minimum Gasteiger partial charge on any atom is -0.462 e. The fraction of sp³-hybridized carbons (Fsp3) is 0.227. The molecule has 1 amide bonds. The van der Waals surface area contributed by atoms with Gasteiger partial charge in [-0.15, -0.1) is 0 Å². The number of benzene rings is 2. The normalized spacial score (nSPS) is 12.2. The minimum absolute atomic E-state index is 0.0165. The van der Waals surface area contributed by atoms with Crippen LogP contribution in [0.25, 0.3) is 5.69 Å². The fourth-order valence-electron chi connectivity index (χ4n) is 3.16. The number of carbonyl (C=O) groups excluding carboxylic acids is 2. The third kappa shape index (κ3) is 5.04. The van der Waals surface area contributed by atoms with E-state index in [1.165, 1.54) is 18.3 Å². The van der Waals surface area contributed by atoms with Crippen molar-refractivity contribution in [1.82, 2.24) is 15.1 Å². The maximum Gasteiger partial charge on any atom is 0.341 e. The second-order valence-corrected chi connectivity index (χ2v) is 8.70. The molecule has 32 heavy (non-hydrogen) atoms. The molecule has 3 rings (SSSR count). The van der Waals surface area contributed by atoms with E-state index in [2.05, 4.69) is 10.4 Å². The van der Waals surface area contributed by atoms with Crippen molar-refractivity contribution in [2.75, 3.05) is 6.61 Å². The summed E-state index contributed by atoms with van der Waals surface area (Å²) in [5.41, 5.74) is 2.72. The zero-order chi connectivity index (χ0) is 23.5. The molecule has 3 N–H and O–H groups in total. The van der Waals surface area contributed by atoms with Crippen LogP contribution >= 0.6 is 0 Å². The van der Waals surface area contributed by atoms with Crippen LogP contribution in [0.1, 0.15) is 51.9 Å². The summed E-state index contributed by atoms with van der Waals surface area (Å²) in [5.74, 6) is -0.762. The molecule has 0 fully saturated rings. The van der Waals surface area contributed by atoms with Crippen LogP contribution in [-0.4, -0.2) is 36.7 Å². The van der Waals surface area contributed by atoms with Gasteiger partial charge in [0.2, 0.25) is 10.0 Å². The van der Waals surface area contributed by atoms with E-state index in [4.69, 9.17) is 9.88 Å². The Kier molecular flexibility index (Phi) is 6.75. The van der Waals surface area contributed by atoms with Crippen molar-refractivity contribution in [3.8, 4) is 5.69 Å². The predicted molar refractivity (Wildman–Crippen MR) is 118 cm³/mol. The van der Waals surface area contributed by atoms with Crippen molar-refractivity contribution in [1.29, 1.82) is 0 Å². The molecule has 9 nitrogen and oxygen atoms in total. The zero-order valence-corrected chi connectivity index (χ0v) is 18.7. The van der Waals surface area contributed by atoms with Gasteiger partial charge in [-0.1, -0.05) is 12.1 Å². The molecule has 0 saturated heterocycles. The molecule has 1 aromatic heterocycles. The average molecular weight is 457 g/mol. The van der Waals surface area contributed by atoms with E-state index in [-0.39, 0.29) is 17.4 Å². The first-order chi connectivity index (χ1) is 15.1. The first-order valence-electron chi connectivity index (χ1n) is 9.87. The number of rotatable bonds is 7. The number of aromatic nitrogens is 2. The Labute approximate surface area is 186 Å². The van der Waals surface area contributed by atoms with Crippen LogP contribution in [0, 0.1) is 6.92 Å². The van der Waals surface area contributed by atoms with Gasteiger partial charge in [-0.05, 0) is 62.7 Å². The number of carbonyl (C=O) groups is 2. The van der Waals surface area contributed by atoms with E-state index in [9.17, 15) is 18.0 Å². The van der Waals surface area contributed by atoms with Gasteiger partial charge >= 0.3 is 5.97 Å². The number of nitrogens with one attached hydrogen (secondary N) is 1. The van der Waals surface area contributed by atoms with Crippen LogP contribution in [0.5, 0.6) is 0 Å². The molecule has 168 valence electrons. The largest absolute Gasteiger partial charge is 0.462 e. The molecule has 0 spiro atoms. The summed E-state index contributed by atoms with van der Waals surface area (Å²) in [7, 11) is -3.83. The van der Waals surface area contributed by atoms with Gasteiger partial charge in [0, 0.05) is 5.56 Å². The number of sulfonamides is 1. The Morgan fingerprint density at radius 3 is 2.50 bits per heavy atom. The summed E-state index contributed by atoms with van der Waals surface area (Å²) in [4.78, 5) is 24.6. The molecule has 2 aromatic carbocycles. The lowest BCUT2D eigenvalue weighted by Gasteiger charge is -2.15. The molecule has 0 aliphatic carbocycles. The highest BCUT2D eigenvalue weighted by molar-refractivity contribution is 7.89. The van der Waals surface area contributed by atoms with Gasteiger partial charge < -0.3 is 10.1 Å². The molecule has 1 heterocycles. The van der Waals surface area contributed by atoms with Crippen molar-refractivity contribution >= 4 is 21.9 Å². The first-order valence-corrected chi connectivity index (χ1v) is 11.4. The highest BCUT2D eigenvalue weighted by Crippen LogP contribution is 2.19. The van der Waals surface area contributed by atoms with Gasteiger partial charge in [0.1, 0.15) is 5.56 Å². The number of esters is 1. The number of ether oxygens (including phenoxy) is 1. The van der Waals surface area contributed by atoms with E-state index in [0.717, 1.165) is 0 Å². The average Bonchev–Trinajstić information content (AvgIpc) is 3.15. The zero-order valence-electron chi connectivity index (χ0n) is 17.9. The SMILES string of the molecule is CCOC(=O)c1cnn(-c2ccc(C(=O)NC(C)c3cccc(S(N)(=O)=O)c3)cc2)c1C. The predicted octanol–water partition coefficient (Wildman–Crippen LogP) is 2.50. The third-order valence-electron chi connectivity index (χ3n) is 4.91. The Bertz CT molecular complexity index is 1250. The van der Waals surface area contributed by atoms with E-state index in [0.29, 0.717) is 28.1 Å². The molecule has 0 aliphatic heterocycles. The van der Waals surface area contributed by atoms with Gasteiger partial charge in [0.15, 0.2) is 0 Å². The van der Waals surface area contributed by atoms with E-state index < -0.39 is 22.0 Å². The summed E-state index contributed by atoms with van der Waals surface area (Å²) in [6, 6.07) is 12.4. The Balaban J connectivity index is 1.74. The lowest BCUT2D eigenvalue weighted by atomic mass is 10.1. The molecule has 0 bridgehead atoms. The highest BCUT2D eigenvalue weighted by atomic mass is 32.2. The van der Waals surface area contributed by atoms with E-state index in [1.807, 2.05) is 0 Å². The van der Waals surface area contributed by atoms with Crippen LogP contribution in [0.3, 0.4) is 0 Å². The van der Waals surface area contributed by atoms with E-state index in [1.54, 1.807) is 61.9 Å². The van der Waals surface area contributed by atoms with Crippen LogP contribution in [-0.2, 0) is 14.8 Å². The van der Waals surface area contributed by atoms with Crippen LogP contribution in [0.4, 0.5) is 0 Å². The molecule has 0 saturated carbocycles. The second kappa shape index (κ2) is 9.33. The number of nitrogens with two attached hydrogens (primary N) is 1. The van der Waals surface area contributed by atoms with Gasteiger partial charge in [-0.2, -0.15) is 5.10 Å². The number of nitrogens with zero attached hydrogens (tertiary/aromatic N) is 2. The van der Waals surface area contributed by atoms with Crippen LogP contribution in [0.2, 0.25) is 0 Å². The molecule has 0 radical (unpaired) electrons. The van der Waals surface area contributed by atoms with Crippen LogP contribution in [0.15, 0.2) is 59.6 Å². The summed E-state index contributed by atoms with van der Waals surface area (Å²) >= 11 is 0. The number of primary sulfonamides is 1. The Morgan fingerprint density at radius 2 is 1.88 bits per heavy atom. The maximum absolute atomic E-state index is 12.7. The second-order valence-electron chi connectivity index (χ2n) is 7.14. The van der Waals surface area contributed by atoms with E-state index >= 15 is 0 Å². The molecule has 1 unspecified atom stereocenters. The van der Waals surface area contributed by atoms with Crippen molar-refractivity contribution in [3.05, 3.63) is 77.1 Å². The molecule has 0 aliphatic rings. The highest BCUT2D eigenvalue weighted by Gasteiger charge is 2.17. The Morgan fingerprint density at radius 1 is 1.19 bits per heavy atom. The number of amides is 1. The molecule has 3 aromatic rings. The van der Waals surface area contributed by atoms with Crippen LogP contribution < -0.4 is 10.5 Å². The standard InChI is InChI=1S/C22H24N4O5S/c1-4-31-22(28)20-13-24-26(15(20)3)18-10-8-16(9-11-18)21(27)25-14(2)17-6-5-7-19(12-17)32(23,29)30/h5-14H,4H2,1-3H3,(H,25,27)(H2,23,29,30). The number of hydrogen-bond acceptors (Lipinski definition) is 6. The smallest absolute Gasteiger partial charge is 0.341 e. The van der Waals surface area contributed by atoms with Crippen molar-refractivity contribution in [2.45, 2.75) is 31.7 Å². The first kappa shape index (κ1) is 23.2. The quantitative estimate of drug-likeness (QED) is 0.525. The molecule has 1 atom stereocenters. The summed E-state index contributed by atoms with van der Waals surface area (Å²) in [6.45, 7) is 5.52. The van der Waals surface area contributed by atoms with Gasteiger partial charge in [-0.25, -0.2) is 23.0 Å². The monoisotopic (exact) mass is 456 g/mol. The topological polar surface area (TPSA) is 133 Å². The molecular weight excluding hydrogens is 432 g/mol. The lowest BCUT2D eigenvalue weighted by molar-refractivity contribution is 0.0525. The van der Waals surface area contributed by atoms with Gasteiger partial charge in [0.25, 0.3) is 5.91 Å². The van der Waals surface area contributed by atoms with Gasteiger partial charge in [0.05, 0.1) is 35.1 Å². The summed E-state index contributed by atoms with van der Waals surface area (Å²) < 4.78 is 29.7. The summed E-state index contributed by atoms with van der Waals surface area (Å²) in [6.07, 6.45) is 1.45. The van der Waals surface area contributed by atoms with Crippen molar-refractivity contribution < 1.29 is 22.7 Å². The Hall–Kier alpha value is -3.50. The van der Waals surface area contributed by atoms with Crippen molar-refractivity contribution in [3.63, 3.8) is 0 Å².